The highest BCUT2D eigenvalue weighted by Crippen LogP contribution is 2.22. The molecule has 0 aliphatic carbocycles. The first-order valence-electron chi connectivity index (χ1n) is 8.27. The van der Waals surface area contributed by atoms with E-state index in [4.69, 9.17) is 4.74 Å². The second kappa shape index (κ2) is 7.20. The average Bonchev–Trinajstić information content (AvgIpc) is 2.58. The lowest BCUT2D eigenvalue weighted by Crippen LogP contribution is -2.53. The van der Waals surface area contributed by atoms with Gasteiger partial charge in [0.1, 0.15) is 0 Å². The summed E-state index contributed by atoms with van der Waals surface area (Å²) < 4.78 is 5.36. The number of aromatic nitrogens is 1. The Balaban J connectivity index is 1.70. The summed E-state index contributed by atoms with van der Waals surface area (Å²) in [4.78, 5) is 21.6. The smallest absolute Gasteiger partial charge is 0.240 e. The van der Waals surface area contributed by atoms with Crippen LogP contribution in [0.1, 0.15) is 30.5 Å². The van der Waals surface area contributed by atoms with Crippen LogP contribution in [0.2, 0.25) is 0 Å². The van der Waals surface area contributed by atoms with Gasteiger partial charge in [-0.25, -0.2) is 0 Å². The molecule has 3 heterocycles. The zero-order valence-electron chi connectivity index (χ0n) is 13.3. The maximum Gasteiger partial charge on any atom is 0.240 e. The number of amides is 1. The zero-order valence-corrected chi connectivity index (χ0v) is 13.3. The van der Waals surface area contributed by atoms with Gasteiger partial charge in [-0.05, 0) is 37.9 Å². The molecule has 0 radical (unpaired) electrons. The first-order chi connectivity index (χ1) is 10.8. The Kier molecular flexibility index (Phi) is 5.05. The lowest BCUT2D eigenvalue weighted by molar-refractivity contribution is -0.142. The molecule has 5 heteroatoms. The van der Waals surface area contributed by atoms with Crippen molar-refractivity contribution in [2.45, 2.75) is 38.8 Å². The van der Waals surface area contributed by atoms with E-state index in [1.165, 1.54) is 12.0 Å². The Hall–Kier alpha value is -1.46. The third-order valence-electron chi connectivity index (χ3n) is 4.69. The molecule has 5 nitrogen and oxygen atoms in total. The second-order valence-corrected chi connectivity index (χ2v) is 6.19. The first-order valence-corrected chi connectivity index (χ1v) is 8.27. The fraction of sp³-hybridized carbons (Fsp3) is 0.647. The van der Waals surface area contributed by atoms with Crippen LogP contribution in [0.4, 0.5) is 0 Å². The van der Waals surface area contributed by atoms with Gasteiger partial charge < -0.3 is 9.64 Å². The van der Waals surface area contributed by atoms with Gasteiger partial charge in [0.25, 0.3) is 0 Å². The number of hydrogen-bond donors (Lipinski definition) is 0. The molecule has 0 saturated carbocycles. The number of carbonyl (C=O) groups is 1. The molecule has 1 aromatic heterocycles. The van der Waals surface area contributed by atoms with Crippen molar-refractivity contribution in [3.63, 3.8) is 0 Å². The van der Waals surface area contributed by atoms with E-state index in [1.54, 1.807) is 0 Å². The Morgan fingerprint density at radius 2 is 2.14 bits per heavy atom. The summed E-state index contributed by atoms with van der Waals surface area (Å²) in [6.45, 7) is 6.63. The molecule has 2 saturated heterocycles. The number of pyridine rings is 1. The van der Waals surface area contributed by atoms with Crippen LogP contribution in [0.15, 0.2) is 18.3 Å². The van der Waals surface area contributed by atoms with E-state index in [0.717, 1.165) is 44.7 Å². The predicted octanol–water partition coefficient (Wildman–Crippen LogP) is 1.60. The number of ether oxygens (including phenoxy) is 1. The molecule has 2 fully saturated rings. The highest BCUT2D eigenvalue weighted by molar-refractivity contribution is 5.82. The largest absolute Gasteiger partial charge is 0.378 e. The molecule has 1 aromatic rings. The van der Waals surface area contributed by atoms with Gasteiger partial charge in [-0.3, -0.25) is 14.7 Å². The molecule has 120 valence electrons. The molecule has 3 rings (SSSR count). The number of nitrogens with zero attached hydrogens (tertiary/aromatic N) is 3. The summed E-state index contributed by atoms with van der Waals surface area (Å²) in [6.07, 6.45) is 5.10. The summed E-state index contributed by atoms with van der Waals surface area (Å²) in [5.41, 5.74) is 2.29. The van der Waals surface area contributed by atoms with Crippen LogP contribution >= 0.6 is 0 Å². The van der Waals surface area contributed by atoms with Crippen LogP contribution in [0.5, 0.6) is 0 Å². The Morgan fingerprint density at radius 1 is 1.32 bits per heavy atom. The van der Waals surface area contributed by atoms with E-state index >= 15 is 0 Å². The van der Waals surface area contributed by atoms with Crippen molar-refractivity contribution < 1.29 is 9.53 Å². The molecule has 0 spiro atoms. The van der Waals surface area contributed by atoms with Crippen molar-refractivity contribution in [2.75, 3.05) is 32.8 Å². The molecule has 0 aromatic carbocycles. The molecule has 22 heavy (non-hydrogen) atoms. The minimum absolute atomic E-state index is 0.00764. The zero-order chi connectivity index (χ0) is 15.4. The maximum absolute atomic E-state index is 12.8. The van der Waals surface area contributed by atoms with Crippen molar-refractivity contribution in [3.8, 4) is 0 Å². The number of piperidine rings is 1. The van der Waals surface area contributed by atoms with Crippen LogP contribution in [0.25, 0.3) is 0 Å². The van der Waals surface area contributed by atoms with Crippen molar-refractivity contribution in [2.24, 2.45) is 0 Å². The molecule has 2 aliphatic rings. The number of morpholine rings is 1. The maximum atomic E-state index is 12.8. The molecular formula is C17H25N3O2. The van der Waals surface area contributed by atoms with Crippen molar-refractivity contribution in [1.29, 1.82) is 0 Å². The first kappa shape index (κ1) is 15.4. The molecule has 1 amide bonds. The van der Waals surface area contributed by atoms with Gasteiger partial charge in [-0.15, -0.1) is 0 Å². The summed E-state index contributed by atoms with van der Waals surface area (Å²) >= 11 is 0. The average molecular weight is 303 g/mol. The van der Waals surface area contributed by atoms with E-state index in [2.05, 4.69) is 22.9 Å². The Bertz CT molecular complexity index is 514. The van der Waals surface area contributed by atoms with Gasteiger partial charge in [-0.1, -0.05) is 12.5 Å². The van der Waals surface area contributed by atoms with Crippen molar-refractivity contribution >= 4 is 5.91 Å². The molecule has 0 bridgehead atoms. The van der Waals surface area contributed by atoms with Crippen molar-refractivity contribution in [3.05, 3.63) is 29.6 Å². The van der Waals surface area contributed by atoms with Gasteiger partial charge >= 0.3 is 0 Å². The summed E-state index contributed by atoms with van der Waals surface area (Å²) in [5, 5.41) is 0. The molecular weight excluding hydrogens is 278 g/mol. The fourth-order valence-electron chi connectivity index (χ4n) is 3.33. The van der Waals surface area contributed by atoms with Crippen LogP contribution in [0.3, 0.4) is 0 Å². The van der Waals surface area contributed by atoms with E-state index in [-0.39, 0.29) is 11.9 Å². The number of carbonyl (C=O) groups excluding carboxylic acids is 1. The predicted molar refractivity (Wildman–Crippen MR) is 84.4 cm³/mol. The summed E-state index contributed by atoms with van der Waals surface area (Å²) in [7, 11) is 0. The normalized spacial score (nSPS) is 23.5. The van der Waals surface area contributed by atoms with Gasteiger partial charge in [0.05, 0.1) is 24.9 Å². The van der Waals surface area contributed by atoms with E-state index in [9.17, 15) is 4.79 Å². The minimum atomic E-state index is 0.00764. The minimum Gasteiger partial charge on any atom is -0.378 e. The molecule has 2 aliphatic heterocycles. The quantitative estimate of drug-likeness (QED) is 0.851. The number of likely N-dealkylation sites (tertiary alicyclic amines) is 1. The highest BCUT2D eigenvalue weighted by atomic mass is 16.5. The van der Waals surface area contributed by atoms with Crippen LogP contribution < -0.4 is 0 Å². The number of rotatable bonds is 3. The topological polar surface area (TPSA) is 45.7 Å². The third kappa shape index (κ3) is 3.47. The van der Waals surface area contributed by atoms with E-state index < -0.39 is 0 Å². The van der Waals surface area contributed by atoms with Gasteiger partial charge in [0.15, 0.2) is 0 Å². The van der Waals surface area contributed by atoms with Crippen LogP contribution in [-0.4, -0.2) is 59.6 Å². The monoisotopic (exact) mass is 303 g/mol. The number of hydrogen-bond acceptors (Lipinski definition) is 4. The summed E-state index contributed by atoms with van der Waals surface area (Å²) in [5.74, 6) is 0.275. The highest BCUT2D eigenvalue weighted by Gasteiger charge is 2.32. The standard InChI is InChI=1S/C17H25N3O2/c1-14-5-4-7-18-15(14)13-20-8-3-2-6-16(20)17(21)19-9-11-22-12-10-19/h4-5,7,16H,2-3,6,8-13H2,1H3. The van der Waals surface area contributed by atoms with Gasteiger partial charge in [0, 0.05) is 25.8 Å². The third-order valence-corrected chi connectivity index (χ3v) is 4.69. The second-order valence-electron chi connectivity index (χ2n) is 6.19. The molecule has 1 unspecified atom stereocenters. The summed E-state index contributed by atoms with van der Waals surface area (Å²) in [6, 6.07) is 4.06. The Morgan fingerprint density at radius 3 is 2.91 bits per heavy atom. The SMILES string of the molecule is Cc1cccnc1CN1CCCCC1C(=O)N1CCOCC1. The van der Waals surface area contributed by atoms with Crippen molar-refractivity contribution in [1.82, 2.24) is 14.8 Å². The lowest BCUT2D eigenvalue weighted by atomic mass is 10.00. The number of aryl methyl sites for hydroxylation is 1. The Labute approximate surface area is 132 Å². The lowest BCUT2D eigenvalue weighted by Gasteiger charge is -2.38. The van der Waals surface area contributed by atoms with Crippen LogP contribution in [0, 0.1) is 6.92 Å². The van der Waals surface area contributed by atoms with Gasteiger partial charge in [0.2, 0.25) is 5.91 Å². The fourth-order valence-corrected chi connectivity index (χ4v) is 3.33. The molecule has 1 atom stereocenters. The van der Waals surface area contributed by atoms with Crippen LogP contribution in [-0.2, 0) is 16.1 Å². The van der Waals surface area contributed by atoms with E-state index in [1.807, 2.05) is 17.2 Å². The molecule has 0 N–H and O–H groups in total. The van der Waals surface area contributed by atoms with Gasteiger partial charge in [-0.2, -0.15) is 0 Å². The van der Waals surface area contributed by atoms with E-state index in [0.29, 0.717) is 13.2 Å².